The number of carbonyl (C=O) groups excluding carboxylic acids is 1. The number of aromatic hydroxyl groups is 1. The van der Waals surface area contributed by atoms with Crippen LogP contribution >= 0.6 is 11.6 Å². The van der Waals surface area contributed by atoms with Crippen LogP contribution < -0.4 is 4.90 Å². The molecule has 0 bridgehead atoms. The van der Waals surface area contributed by atoms with Gasteiger partial charge in [0.1, 0.15) is 11.4 Å². The van der Waals surface area contributed by atoms with Crippen molar-refractivity contribution in [3.63, 3.8) is 0 Å². The zero-order valence-corrected chi connectivity index (χ0v) is 17.1. The molecule has 9 heteroatoms. The van der Waals surface area contributed by atoms with Gasteiger partial charge in [0.25, 0.3) is 5.91 Å². The smallest absolute Gasteiger partial charge is 0.433 e. The van der Waals surface area contributed by atoms with E-state index in [9.17, 15) is 28.3 Å². The zero-order chi connectivity index (χ0) is 22.9. The van der Waals surface area contributed by atoms with Gasteiger partial charge in [-0.2, -0.15) is 18.4 Å². The largest absolute Gasteiger partial charge is 0.506 e. The fourth-order valence-electron chi connectivity index (χ4n) is 3.16. The number of nitrogens with zero attached hydrogens (tertiary/aromatic N) is 3. The molecule has 0 radical (unpaired) electrons. The van der Waals surface area contributed by atoms with E-state index in [-0.39, 0.29) is 33.0 Å². The molecule has 1 N–H and O–H groups in total. The van der Waals surface area contributed by atoms with Crippen LogP contribution in [0, 0.1) is 18.3 Å². The minimum Gasteiger partial charge on any atom is -0.506 e. The highest BCUT2D eigenvalue weighted by Crippen LogP contribution is 2.36. The van der Waals surface area contributed by atoms with Crippen LogP contribution in [0.4, 0.5) is 18.9 Å². The number of halogens is 4. The summed E-state index contributed by atoms with van der Waals surface area (Å²) in [6.45, 7) is 1.74. The van der Waals surface area contributed by atoms with Crippen molar-refractivity contribution >= 4 is 23.2 Å². The summed E-state index contributed by atoms with van der Waals surface area (Å²) in [6, 6.07) is 11.4. The second kappa shape index (κ2) is 8.28. The first-order chi connectivity index (χ1) is 14.5. The van der Waals surface area contributed by atoms with Gasteiger partial charge in [0.15, 0.2) is 0 Å². The molecule has 1 aromatic heterocycles. The van der Waals surface area contributed by atoms with Crippen LogP contribution in [0.25, 0.3) is 11.1 Å². The lowest BCUT2D eigenvalue weighted by atomic mass is 9.99. The molecule has 31 heavy (non-hydrogen) atoms. The number of phenolic OH excluding ortho intramolecular Hbond substituents is 1. The third kappa shape index (κ3) is 4.32. The number of pyridine rings is 1. The highest BCUT2D eigenvalue weighted by molar-refractivity contribution is 6.33. The molecule has 1 amide bonds. The Morgan fingerprint density at radius 1 is 1.19 bits per heavy atom. The Hall–Kier alpha value is -3.57. The summed E-state index contributed by atoms with van der Waals surface area (Å²) >= 11 is 6.22. The van der Waals surface area contributed by atoms with Crippen molar-refractivity contribution in [2.24, 2.45) is 0 Å². The lowest BCUT2D eigenvalue weighted by molar-refractivity contribution is -0.141. The van der Waals surface area contributed by atoms with Crippen molar-refractivity contribution < 1.29 is 23.1 Å². The molecule has 0 aliphatic carbocycles. The van der Waals surface area contributed by atoms with E-state index in [1.807, 2.05) is 0 Å². The molecule has 0 spiro atoms. The molecule has 3 rings (SSSR count). The molecular formula is C22H15ClF3N3O2. The highest BCUT2D eigenvalue weighted by Gasteiger charge is 2.33. The predicted octanol–water partition coefficient (Wildman–Crippen LogP) is 5.58. The molecular weight excluding hydrogens is 431 g/mol. The van der Waals surface area contributed by atoms with E-state index in [2.05, 4.69) is 4.98 Å². The molecule has 1 heterocycles. The Bertz CT molecular complexity index is 1200. The van der Waals surface area contributed by atoms with Crippen molar-refractivity contribution in [2.75, 3.05) is 11.9 Å². The first-order valence-corrected chi connectivity index (χ1v) is 9.26. The van der Waals surface area contributed by atoms with Crippen LogP contribution in [0.1, 0.15) is 27.2 Å². The molecule has 0 unspecified atom stereocenters. The lowest BCUT2D eigenvalue weighted by Gasteiger charge is -2.21. The molecule has 0 saturated carbocycles. The Labute approximate surface area is 180 Å². The molecule has 3 aromatic rings. The van der Waals surface area contributed by atoms with E-state index in [0.717, 1.165) is 6.20 Å². The summed E-state index contributed by atoms with van der Waals surface area (Å²) in [5, 5.41) is 19.6. The molecule has 0 fully saturated rings. The average Bonchev–Trinajstić information content (AvgIpc) is 2.72. The summed E-state index contributed by atoms with van der Waals surface area (Å²) in [7, 11) is 1.49. The fraction of sp³-hybridized carbons (Fsp3) is 0.136. The third-order valence-corrected chi connectivity index (χ3v) is 5.00. The van der Waals surface area contributed by atoms with E-state index in [4.69, 9.17) is 11.6 Å². The number of anilines is 1. The number of alkyl halides is 3. The first kappa shape index (κ1) is 22.1. The Morgan fingerprint density at radius 2 is 1.90 bits per heavy atom. The van der Waals surface area contributed by atoms with Gasteiger partial charge in [0, 0.05) is 35.0 Å². The molecule has 0 atom stereocenters. The minimum absolute atomic E-state index is 0.0662. The molecule has 2 aromatic carbocycles. The van der Waals surface area contributed by atoms with Crippen LogP contribution in [-0.2, 0) is 6.18 Å². The van der Waals surface area contributed by atoms with Gasteiger partial charge in [-0.3, -0.25) is 9.78 Å². The number of aromatic nitrogens is 1. The van der Waals surface area contributed by atoms with Crippen LogP contribution in [0.15, 0.2) is 48.7 Å². The maximum absolute atomic E-state index is 13.0. The van der Waals surface area contributed by atoms with E-state index in [1.54, 1.807) is 25.1 Å². The summed E-state index contributed by atoms with van der Waals surface area (Å²) in [5.74, 6) is -0.565. The van der Waals surface area contributed by atoms with Gasteiger partial charge < -0.3 is 10.0 Å². The number of aryl methyl sites for hydroxylation is 1. The van der Waals surface area contributed by atoms with Gasteiger partial charge in [0.2, 0.25) is 0 Å². The van der Waals surface area contributed by atoms with E-state index >= 15 is 0 Å². The SMILES string of the molecule is Cc1cccc(O)c1N(C)C(=O)c1ccc(Cl)c(-c2cnc(C(F)(F)F)cc2C#N)c1. The highest BCUT2D eigenvalue weighted by atomic mass is 35.5. The second-order valence-corrected chi connectivity index (χ2v) is 7.13. The van der Waals surface area contributed by atoms with Gasteiger partial charge in [-0.25, -0.2) is 0 Å². The number of carbonyl (C=O) groups is 1. The van der Waals surface area contributed by atoms with Crippen LogP contribution in [0.3, 0.4) is 0 Å². The summed E-state index contributed by atoms with van der Waals surface area (Å²) in [4.78, 5) is 17.7. The average molecular weight is 446 g/mol. The van der Waals surface area contributed by atoms with E-state index in [0.29, 0.717) is 17.3 Å². The summed E-state index contributed by atoms with van der Waals surface area (Å²) in [6.07, 6.45) is -3.79. The molecule has 0 aliphatic rings. The van der Waals surface area contributed by atoms with Gasteiger partial charge in [-0.15, -0.1) is 0 Å². The maximum atomic E-state index is 13.0. The molecule has 158 valence electrons. The summed E-state index contributed by atoms with van der Waals surface area (Å²) in [5.41, 5.74) is -0.0797. The molecule has 0 aliphatic heterocycles. The van der Waals surface area contributed by atoms with E-state index in [1.165, 1.54) is 36.2 Å². The topological polar surface area (TPSA) is 77.2 Å². The number of benzene rings is 2. The number of rotatable bonds is 3. The number of nitriles is 1. The van der Waals surface area contributed by atoms with Crippen LogP contribution in [-0.4, -0.2) is 23.0 Å². The molecule has 0 saturated heterocycles. The van der Waals surface area contributed by atoms with Crippen molar-refractivity contribution in [3.8, 4) is 22.9 Å². The van der Waals surface area contributed by atoms with Crippen LogP contribution in [0.5, 0.6) is 5.75 Å². The number of hydrogen-bond donors (Lipinski definition) is 1. The maximum Gasteiger partial charge on any atom is 0.433 e. The second-order valence-electron chi connectivity index (χ2n) is 6.73. The lowest BCUT2D eigenvalue weighted by Crippen LogP contribution is -2.27. The minimum atomic E-state index is -4.70. The normalized spacial score (nSPS) is 11.1. The standard InChI is InChI=1S/C22H15ClF3N3O2/c1-12-4-3-5-18(30)20(12)29(2)21(31)13-6-7-17(23)15(8-13)16-11-28-19(22(24,25)26)9-14(16)10-27/h3-9,11,30H,1-2H3. The quantitative estimate of drug-likeness (QED) is 0.570. The zero-order valence-electron chi connectivity index (χ0n) is 16.3. The fourth-order valence-corrected chi connectivity index (χ4v) is 3.38. The van der Waals surface area contributed by atoms with E-state index < -0.39 is 17.8 Å². The Morgan fingerprint density at radius 3 is 2.52 bits per heavy atom. The van der Waals surface area contributed by atoms with Crippen molar-refractivity contribution in [3.05, 3.63) is 76.1 Å². The predicted molar refractivity (Wildman–Crippen MR) is 110 cm³/mol. The number of phenols is 1. The first-order valence-electron chi connectivity index (χ1n) is 8.88. The van der Waals surface area contributed by atoms with Crippen LogP contribution in [0.2, 0.25) is 5.02 Å². The van der Waals surface area contributed by atoms with Crippen molar-refractivity contribution in [1.82, 2.24) is 4.98 Å². The van der Waals surface area contributed by atoms with Gasteiger partial charge >= 0.3 is 6.18 Å². The third-order valence-electron chi connectivity index (χ3n) is 4.67. The van der Waals surface area contributed by atoms with Gasteiger partial charge in [-0.1, -0.05) is 23.7 Å². The number of para-hydroxylation sites is 1. The molecule has 5 nitrogen and oxygen atoms in total. The monoisotopic (exact) mass is 445 g/mol. The number of hydrogen-bond acceptors (Lipinski definition) is 4. The number of amides is 1. The van der Waals surface area contributed by atoms with Gasteiger partial charge in [0.05, 0.1) is 17.3 Å². The van der Waals surface area contributed by atoms with Crippen molar-refractivity contribution in [2.45, 2.75) is 13.1 Å². The van der Waals surface area contributed by atoms with Crippen molar-refractivity contribution in [1.29, 1.82) is 5.26 Å². The summed E-state index contributed by atoms with van der Waals surface area (Å²) < 4.78 is 38.8. The Kier molecular flexibility index (Phi) is 5.91. The Balaban J connectivity index is 2.07. The van der Waals surface area contributed by atoms with Gasteiger partial charge in [-0.05, 0) is 42.8 Å².